The average Bonchev–Trinajstić information content (AvgIpc) is 2.47. The van der Waals surface area contributed by atoms with Crippen molar-refractivity contribution in [1.82, 2.24) is 9.80 Å². The van der Waals surface area contributed by atoms with Crippen LogP contribution in [-0.4, -0.2) is 40.6 Å². The Morgan fingerprint density at radius 3 is 2.71 bits per heavy atom. The van der Waals surface area contributed by atoms with E-state index in [1.807, 2.05) is 17.3 Å². The van der Waals surface area contributed by atoms with Crippen molar-refractivity contribution in [3.8, 4) is 0 Å². The lowest BCUT2D eigenvalue weighted by molar-refractivity contribution is -0.146. The molecule has 1 atom stereocenters. The van der Waals surface area contributed by atoms with Crippen molar-refractivity contribution in [2.24, 2.45) is 0 Å². The zero-order chi connectivity index (χ0) is 10.6. The van der Waals surface area contributed by atoms with Gasteiger partial charge in [0.05, 0.1) is 0 Å². The Morgan fingerprint density at radius 1 is 1.43 bits per heavy atom. The number of carboxylic acids is 1. The summed E-state index contributed by atoms with van der Waals surface area (Å²) in [5.41, 5.74) is 0. The van der Waals surface area contributed by atoms with Gasteiger partial charge >= 0.3 is 5.97 Å². The number of likely N-dealkylation sites (N-methyl/N-ethyl adjacent to an activating group) is 1. The van der Waals surface area contributed by atoms with Gasteiger partial charge in [0.2, 0.25) is 6.17 Å². The lowest BCUT2D eigenvalue weighted by Crippen LogP contribution is -2.43. The van der Waals surface area contributed by atoms with E-state index in [-0.39, 0.29) is 0 Å². The normalized spacial score (nSPS) is 20.6. The summed E-state index contributed by atoms with van der Waals surface area (Å²) >= 11 is 0. The van der Waals surface area contributed by atoms with Crippen molar-refractivity contribution in [1.29, 1.82) is 0 Å². The molecule has 1 unspecified atom stereocenters. The molecule has 0 aliphatic carbocycles. The van der Waals surface area contributed by atoms with Crippen LogP contribution in [0.3, 0.4) is 0 Å². The Balaban J connectivity index is 2.43. The van der Waals surface area contributed by atoms with Crippen molar-refractivity contribution in [3.63, 3.8) is 0 Å². The minimum atomic E-state index is -0.783. The zero-order valence-corrected chi connectivity index (χ0v) is 8.81. The molecule has 0 saturated heterocycles. The molecule has 14 heavy (non-hydrogen) atoms. The Labute approximate surface area is 84.8 Å². The first-order chi connectivity index (χ1) is 6.66. The number of nitrogens with zero attached hydrogens (tertiary/aromatic N) is 2. The second-order valence-electron chi connectivity index (χ2n) is 3.62. The zero-order valence-electron chi connectivity index (χ0n) is 8.81. The smallest absolute Gasteiger partial charge is 0.347 e. The summed E-state index contributed by atoms with van der Waals surface area (Å²) in [5.74, 6) is -0.783. The molecule has 0 aromatic carbocycles. The third-order valence-corrected chi connectivity index (χ3v) is 2.43. The Bertz CT molecular complexity index is 228. The molecule has 0 saturated carbocycles. The quantitative estimate of drug-likeness (QED) is 0.676. The second-order valence-corrected chi connectivity index (χ2v) is 3.62. The van der Waals surface area contributed by atoms with Crippen LogP contribution in [0.2, 0.25) is 0 Å². The van der Waals surface area contributed by atoms with Crippen LogP contribution in [0.4, 0.5) is 0 Å². The topological polar surface area (TPSA) is 43.8 Å². The van der Waals surface area contributed by atoms with Gasteiger partial charge in [-0.3, -0.25) is 0 Å². The van der Waals surface area contributed by atoms with Gasteiger partial charge in [0, 0.05) is 26.0 Å². The molecule has 0 radical (unpaired) electrons. The largest absolute Gasteiger partial charge is 0.478 e. The molecule has 0 fully saturated rings. The molecule has 0 spiro atoms. The van der Waals surface area contributed by atoms with Gasteiger partial charge in [-0.1, -0.05) is 19.8 Å². The highest BCUT2D eigenvalue weighted by molar-refractivity contribution is 5.73. The summed E-state index contributed by atoms with van der Waals surface area (Å²) in [5, 5.41) is 8.99. The molecule has 1 heterocycles. The summed E-state index contributed by atoms with van der Waals surface area (Å²) in [6.45, 7) is 2.96. The monoisotopic (exact) mass is 198 g/mol. The Hall–Kier alpha value is -1.19. The van der Waals surface area contributed by atoms with Gasteiger partial charge in [0.25, 0.3) is 0 Å². The second kappa shape index (κ2) is 4.88. The first-order valence-corrected chi connectivity index (χ1v) is 5.05. The summed E-state index contributed by atoms with van der Waals surface area (Å²) < 4.78 is 0. The van der Waals surface area contributed by atoms with Crippen LogP contribution in [0.15, 0.2) is 12.4 Å². The predicted molar refractivity (Wildman–Crippen MR) is 54.6 cm³/mol. The van der Waals surface area contributed by atoms with Gasteiger partial charge < -0.3 is 14.9 Å². The molecular formula is C10H18N2O2. The predicted octanol–water partition coefficient (Wildman–Crippen LogP) is 1.31. The third kappa shape index (κ3) is 2.40. The maximum Gasteiger partial charge on any atom is 0.347 e. The number of hydrogen-bond acceptors (Lipinski definition) is 3. The molecule has 4 heteroatoms. The van der Waals surface area contributed by atoms with Crippen LogP contribution in [0.1, 0.15) is 26.2 Å². The Kier molecular flexibility index (Phi) is 3.80. The number of carbonyl (C=O) groups is 1. The average molecular weight is 198 g/mol. The van der Waals surface area contributed by atoms with E-state index in [0.29, 0.717) is 0 Å². The van der Waals surface area contributed by atoms with Crippen LogP contribution in [0.5, 0.6) is 0 Å². The molecule has 0 aromatic rings. The van der Waals surface area contributed by atoms with Gasteiger partial charge in [-0.2, -0.15) is 0 Å². The van der Waals surface area contributed by atoms with Gasteiger partial charge in [0.15, 0.2) is 0 Å². The summed E-state index contributed by atoms with van der Waals surface area (Å²) in [6.07, 6.45) is 6.52. The maximum absolute atomic E-state index is 10.9. The fourth-order valence-corrected chi connectivity index (χ4v) is 1.65. The molecule has 0 aromatic heterocycles. The van der Waals surface area contributed by atoms with E-state index in [1.165, 1.54) is 0 Å². The van der Waals surface area contributed by atoms with E-state index in [0.717, 1.165) is 25.8 Å². The van der Waals surface area contributed by atoms with Crippen LogP contribution < -0.4 is 0 Å². The van der Waals surface area contributed by atoms with Crippen LogP contribution >= 0.6 is 0 Å². The standard InChI is InChI=1S/C10H18N2O2/c1-3-4-5-6-12-8-7-11(2)9(12)10(13)14/h7-9H,3-6H2,1-2H3,(H,13,14). The van der Waals surface area contributed by atoms with Crippen molar-refractivity contribution < 1.29 is 9.90 Å². The molecule has 1 aliphatic heterocycles. The van der Waals surface area contributed by atoms with Crippen molar-refractivity contribution in [2.45, 2.75) is 32.4 Å². The highest BCUT2D eigenvalue weighted by Crippen LogP contribution is 2.14. The molecular weight excluding hydrogens is 180 g/mol. The van der Waals surface area contributed by atoms with Crippen molar-refractivity contribution in [3.05, 3.63) is 12.4 Å². The number of rotatable bonds is 5. The maximum atomic E-state index is 10.9. The van der Waals surface area contributed by atoms with E-state index < -0.39 is 12.1 Å². The van der Waals surface area contributed by atoms with Gasteiger partial charge in [-0.15, -0.1) is 0 Å². The summed E-state index contributed by atoms with van der Waals surface area (Å²) in [4.78, 5) is 14.5. The highest BCUT2D eigenvalue weighted by Gasteiger charge is 2.29. The van der Waals surface area contributed by atoms with Crippen LogP contribution in [-0.2, 0) is 4.79 Å². The summed E-state index contributed by atoms with van der Waals surface area (Å²) in [6, 6.07) is 0. The van der Waals surface area contributed by atoms with E-state index in [1.54, 1.807) is 11.9 Å². The van der Waals surface area contributed by atoms with Crippen LogP contribution in [0.25, 0.3) is 0 Å². The van der Waals surface area contributed by atoms with E-state index in [2.05, 4.69) is 6.92 Å². The minimum absolute atomic E-state index is 0.508. The lowest BCUT2D eigenvalue weighted by Gasteiger charge is -2.26. The summed E-state index contributed by atoms with van der Waals surface area (Å²) in [7, 11) is 1.79. The van der Waals surface area contributed by atoms with E-state index >= 15 is 0 Å². The lowest BCUT2D eigenvalue weighted by atomic mass is 10.2. The first kappa shape index (κ1) is 10.9. The molecule has 4 nitrogen and oxygen atoms in total. The van der Waals surface area contributed by atoms with E-state index in [4.69, 9.17) is 5.11 Å². The van der Waals surface area contributed by atoms with Crippen molar-refractivity contribution in [2.75, 3.05) is 13.6 Å². The molecule has 1 N–H and O–H groups in total. The Morgan fingerprint density at radius 2 is 2.14 bits per heavy atom. The SMILES string of the molecule is CCCCCN1C=CN(C)C1C(=O)O. The number of hydrogen-bond donors (Lipinski definition) is 1. The first-order valence-electron chi connectivity index (χ1n) is 5.05. The molecule has 0 amide bonds. The fourth-order valence-electron chi connectivity index (χ4n) is 1.65. The molecule has 1 rings (SSSR count). The number of unbranched alkanes of at least 4 members (excludes halogenated alkanes) is 2. The molecule has 0 bridgehead atoms. The fraction of sp³-hybridized carbons (Fsp3) is 0.700. The van der Waals surface area contributed by atoms with E-state index in [9.17, 15) is 4.79 Å². The van der Waals surface area contributed by atoms with Crippen molar-refractivity contribution >= 4 is 5.97 Å². The highest BCUT2D eigenvalue weighted by atomic mass is 16.4. The third-order valence-electron chi connectivity index (χ3n) is 2.43. The molecule has 1 aliphatic rings. The minimum Gasteiger partial charge on any atom is -0.478 e. The number of carboxylic acid groups (broad SMARTS) is 1. The van der Waals surface area contributed by atoms with Crippen LogP contribution in [0, 0.1) is 0 Å². The van der Waals surface area contributed by atoms with Gasteiger partial charge in [0.1, 0.15) is 0 Å². The van der Waals surface area contributed by atoms with Gasteiger partial charge in [-0.05, 0) is 6.42 Å². The number of aliphatic carboxylic acids is 1. The molecule has 80 valence electrons. The van der Waals surface area contributed by atoms with Gasteiger partial charge in [-0.25, -0.2) is 4.79 Å².